The molecule has 0 saturated carbocycles. The molecule has 2 aromatic carbocycles. The predicted octanol–water partition coefficient (Wildman–Crippen LogP) is 3.35. The molecule has 0 aliphatic carbocycles. The van der Waals surface area contributed by atoms with E-state index in [-0.39, 0.29) is 17.8 Å². The van der Waals surface area contributed by atoms with Crippen LogP contribution in [0.5, 0.6) is 0 Å². The largest absolute Gasteiger partial charge is 0.327 e. The first-order valence-corrected chi connectivity index (χ1v) is 7.79. The van der Waals surface area contributed by atoms with E-state index in [1.165, 1.54) is 29.2 Å². The van der Waals surface area contributed by atoms with Crippen molar-refractivity contribution in [3.8, 4) is 0 Å². The van der Waals surface area contributed by atoms with Crippen LogP contribution in [0.4, 0.5) is 18.9 Å². The molecular weight excluding hydrogens is 333 g/mol. The molecule has 1 aliphatic heterocycles. The SMILES string of the molecule is O=C(Nc1cc(F)ccc1F)[C@@H]1CCCN1C(=O)c1ccccc1F. The molecule has 25 heavy (non-hydrogen) atoms. The van der Waals surface area contributed by atoms with E-state index < -0.39 is 35.3 Å². The van der Waals surface area contributed by atoms with E-state index in [4.69, 9.17) is 0 Å². The van der Waals surface area contributed by atoms with Crippen molar-refractivity contribution in [3.05, 3.63) is 65.5 Å². The molecule has 0 spiro atoms. The van der Waals surface area contributed by atoms with Crippen molar-refractivity contribution in [2.45, 2.75) is 18.9 Å². The average Bonchev–Trinajstić information content (AvgIpc) is 3.08. The van der Waals surface area contributed by atoms with Gasteiger partial charge in [-0.15, -0.1) is 0 Å². The van der Waals surface area contributed by atoms with Crippen molar-refractivity contribution in [2.24, 2.45) is 0 Å². The maximum Gasteiger partial charge on any atom is 0.257 e. The number of nitrogens with zero attached hydrogens (tertiary/aromatic N) is 1. The number of benzene rings is 2. The van der Waals surface area contributed by atoms with Gasteiger partial charge in [-0.3, -0.25) is 9.59 Å². The molecule has 0 aromatic heterocycles. The minimum Gasteiger partial charge on any atom is -0.327 e. The minimum absolute atomic E-state index is 0.126. The first kappa shape index (κ1) is 17.0. The van der Waals surface area contributed by atoms with Crippen LogP contribution in [0.15, 0.2) is 42.5 Å². The van der Waals surface area contributed by atoms with Crippen LogP contribution in [0.3, 0.4) is 0 Å². The molecule has 130 valence electrons. The summed E-state index contributed by atoms with van der Waals surface area (Å²) in [5, 5.41) is 2.30. The Morgan fingerprint density at radius 2 is 1.80 bits per heavy atom. The summed E-state index contributed by atoms with van der Waals surface area (Å²) in [6.07, 6.45) is 0.923. The maximum atomic E-state index is 13.8. The zero-order chi connectivity index (χ0) is 18.0. The van der Waals surface area contributed by atoms with E-state index in [0.717, 1.165) is 18.2 Å². The fourth-order valence-electron chi connectivity index (χ4n) is 2.88. The number of amides is 2. The quantitative estimate of drug-likeness (QED) is 0.925. The number of rotatable bonds is 3. The Kier molecular flexibility index (Phi) is 4.74. The topological polar surface area (TPSA) is 49.4 Å². The number of halogens is 3. The minimum atomic E-state index is -0.866. The zero-order valence-corrected chi connectivity index (χ0v) is 13.1. The normalized spacial score (nSPS) is 16.8. The van der Waals surface area contributed by atoms with E-state index >= 15 is 0 Å². The van der Waals surface area contributed by atoms with Gasteiger partial charge >= 0.3 is 0 Å². The summed E-state index contributed by atoms with van der Waals surface area (Å²) < 4.78 is 40.7. The molecule has 7 heteroatoms. The van der Waals surface area contributed by atoms with Crippen molar-refractivity contribution in [3.63, 3.8) is 0 Å². The Morgan fingerprint density at radius 3 is 2.56 bits per heavy atom. The van der Waals surface area contributed by atoms with Gasteiger partial charge in [0.25, 0.3) is 5.91 Å². The molecule has 2 aromatic rings. The summed E-state index contributed by atoms with van der Waals surface area (Å²) in [6.45, 7) is 0.289. The molecule has 3 rings (SSSR count). The number of anilines is 1. The van der Waals surface area contributed by atoms with Crippen LogP contribution < -0.4 is 5.32 Å². The standard InChI is InChI=1S/C18H15F3N2O2/c19-11-7-8-14(21)15(10-11)22-17(24)16-6-3-9-23(16)18(25)12-4-1-2-5-13(12)20/h1-2,4-5,7-8,10,16H,3,6,9H2,(H,22,24)/t16-/m0/s1. The number of likely N-dealkylation sites (tertiary alicyclic amines) is 1. The molecule has 1 atom stereocenters. The summed E-state index contributed by atoms with van der Waals surface area (Å²) in [5.74, 6) is -3.38. The molecule has 1 saturated heterocycles. The third kappa shape index (κ3) is 3.50. The van der Waals surface area contributed by atoms with Gasteiger partial charge in [-0.1, -0.05) is 12.1 Å². The molecule has 2 amide bonds. The second-order valence-electron chi connectivity index (χ2n) is 5.75. The van der Waals surface area contributed by atoms with Crippen molar-refractivity contribution in [1.82, 2.24) is 4.90 Å². The highest BCUT2D eigenvalue weighted by Gasteiger charge is 2.35. The lowest BCUT2D eigenvalue weighted by Gasteiger charge is -2.24. The van der Waals surface area contributed by atoms with E-state index in [9.17, 15) is 22.8 Å². The van der Waals surface area contributed by atoms with Crippen LogP contribution in [0.1, 0.15) is 23.2 Å². The third-order valence-corrected chi connectivity index (χ3v) is 4.11. The van der Waals surface area contributed by atoms with Gasteiger partial charge in [0.2, 0.25) is 5.91 Å². The molecule has 1 fully saturated rings. The van der Waals surface area contributed by atoms with Gasteiger partial charge in [0.05, 0.1) is 11.3 Å². The Balaban J connectivity index is 1.79. The van der Waals surface area contributed by atoms with E-state index in [0.29, 0.717) is 12.8 Å². The number of hydrogen-bond donors (Lipinski definition) is 1. The lowest BCUT2D eigenvalue weighted by atomic mass is 10.1. The Labute approximate surface area is 142 Å². The van der Waals surface area contributed by atoms with Crippen LogP contribution in [0.25, 0.3) is 0 Å². The Bertz CT molecular complexity index is 826. The summed E-state index contributed by atoms with van der Waals surface area (Å²) in [5.41, 5.74) is -0.422. The summed E-state index contributed by atoms with van der Waals surface area (Å²) >= 11 is 0. The lowest BCUT2D eigenvalue weighted by molar-refractivity contribution is -0.119. The van der Waals surface area contributed by atoms with Crippen LogP contribution in [0, 0.1) is 17.5 Å². The number of carbonyl (C=O) groups is 2. The van der Waals surface area contributed by atoms with Crippen molar-refractivity contribution >= 4 is 17.5 Å². The van der Waals surface area contributed by atoms with Gasteiger partial charge in [0, 0.05) is 12.6 Å². The van der Waals surface area contributed by atoms with Gasteiger partial charge in [-0.05, 0) is 37.1 Å². The molecule has 0 bridgehead atoms. The molecule has 1 aliphatic rings. The van der Waals surface area contributed by atoms with Crippen molar-refractivity contribution in [1.29, 1.82) is 0 Å². The van der Waals surface area contributed by atoms with Crippen LogP contribution in [0.2, 0.25) is 0 Å². The highest BCUT2D eigenvalue weighted by Crippen LogP contribution is 2.23. The summed E-state index contributed by atoms with van der Waals surface area (Å²) in [6, 6.07) is 7.35. The summed E-state index contributed by atoms with van der Waals surface area (Å²) in [7, 11) is 0. The number of nitrogens with one attached hydrogen (secondary N) is 1. The second kappa shape index (κ2) is 6.96. The summed E-state index contributed by atoms with van der Waals surface area (Å²) in [4.78, 5) is 26.2. The smallest absolute Gasteiger partial charge is 0.257 e. The molecule has 0 radical (unpaired) electrons. The van der Waals surface area contributed by atoms with Crippen LogP contribution in [-0.2, 0) is 4.79 Å². The number of carbonyl (C=O) groups excluding carboxylic acids is 2. The third-order valence-electron chi connectivity index (χ3n) is 4.11. The van der Waals surface area contributed by atoms with Crippen molar-refractivity contribution < 1.29 is 22.8 Å². The molecule has 0 unspecified atom stereocenters. The average molecular weight is 348 g/mol. The fraction of sp³-hybridized carbons (Fsp3) is 0.222. The van der Waals surface area contributed by atoms with E-state index in [2.05, 4.69) is 5.32 Å². The van der Waals surface area contributed by atoms with Crippen molar-refractivity contribution in [2.75, 3.05) is 11.9 Å². The zero-order valence-electron chi connectivity index (χ0n) is 13.1. The first-order chi connectivity index (χ1) is 12.0. The monoisotopic (exact) mass is 348 g/mol. The van der Waals surface area contributed by atoms with Gasteiger partial charge in [0.1, 0.15) is 23.5 Å². The molecule has 1 N–H and O–H groups in total. The number of hydrogen-bond acceptors (Lipinski definition) is 2. The maximum absolute atomic E-state index is 13.8. The van der Waals surface area contributed by atoms with Gasteiger partial charge in [-0.25, -0.2) is 13.2 Å². The Morgan fingerprint density at radius 1 is 1.04 bits per heavy atom. The van der Waals surface area contributed by atoms with Gasteiger partial charge in [-0.2, -0.15) is 0 Å². The molecular formula is C18H15F3N2O2. The van der Waals surface area contributed by atoms with Gasteiger partial charge in [0.15, 0.2) is 0 Å². The van der Waals surface area contributed by atoms with E-state index in [1.807, 2.05) is 0 Å². The van der Waals surface area contributed by atoms with Gasteiger partial charge < -0.3 is 10.2 Å². The van der Waals surface area contributed by atoms with Crippen LogP contribution >= 0.6 is 0 Å². The van der Waals surface area contributed by atoms with Crippen LogP contribution in [-0.4, -0.2) is 29.3 Å². The first-order valence-electron chi connectivity index (χ1n) is 7.79. The Hall–Kier alpha value is -2.83. The van der Waals surface area contributed by atoms with E-state index in [1.54, 1.807) is 0 Å². The highest BCUT2D eigenvalue weighted by atomic mass is 19.1. The molecule has 1 heterocycles. The lowest BCUT2D eigenvalue weighted by Crippen LogP contribution is -2.43. The fourth-order valence-corrected chi connectivity index (χ4v) is 2.88. The second-order valence-corrected chi connectivity index (χ2v) is 5.75. The predicted molar refractivity (Wildman–Crippen MR) is 85.4 cm³/mol. The molecule has 4 nitrogen and oxygen atoms in total. The highest BCUT2D eigenvalue weighted by molar-refractivity contribution is 6.01.